The summed E-state index contributed by atoms with van der Waals surface area (Å²) in [6.07, 6.45) is 2.73. The zero-order valence-electron chi connectivity index (χ0n) is 14.5. The van der Waals surface area contributed by atoms with E-state index in [1.54, 1.807) is 19.1 Å². The molecule has 0 bridgehead atoms. The Morgan fingerprint density at radius 1 is 1.19 bits per heavy atom. The van der Waals surface area contributed by atoms with Crippen molar-refractivity contribution < 1.29 is 17.6 Å². The first-order valence-electron chi connectivity index (χ1n) is 7.58. The quantitative estimate of drug-likeness (QED) is 0.784. The van der Waals surface area contributed by atoms with Gasteiger partial charge in [0.1, 0.15) is 5.82 Å². The number of anilines is 1. The first-order chi connectivity index (χ1) is 12.1. The molecule has 1 N–H and O–H groups in total. The van der Waals surface area contributed by atoms with Gasteiger partial charge in [0.2, 0.25) is 15.9 Å². The highest BCUT2D eigenvalue weighted by atomic mass is 35.5. The third-order valence-corrected chi connectivity index (χ3v) is 5.83. The fraction of sp³-hybridized carbons (Fsp3) is 0.167. The van der Waals surface area contributed by atoms with Gasteiger partial charge in [0.15, 0.2) is 0 Å². The molecule has 0 spiro atoms. The van der Waals surface area contributed by atoms with Gasteiger partial charge in [-0.2, -0.15) is 0 Å². The summed E-state index contributed by atoms with van der Waals surface area (Å²) in [5.74, 6) is -0.995. The number of hydrogen-bond acceptors (Lipinski definition) is 3. The van der Waals surface area contributed by atoms with Crippen LogP contribution >= 0.6 is 11.6 Å². The lowest BCUT2D eigenvalue weighted by atomic mass is 10.2. The molecule has 0 aliphatic heterocycles. The molecule has 2 aromatic rings. The lowest BCUT2D eigenvalue weighted by Gasteiger charge is -2.14. The van der Waals surface area contributed by atoms with Gasteiger partial charge in [0.05, 0.1) is 9.92 Å². The van der Waals surface area contributed by atoms with Crippen LogP contribution in [-0.4, -0.2) is 32.7 Å². The maximum absolute atomic E-state index is 13.1. The predicted octanol–water partition coefficient (Wildman–Crippen LogP) is 3.69. The number of benzene rings is 2. The average Bonchev–Trinajstić information content (AvgIpc) is 2.57. The number of halogens is 2. The average molecular weight is 397 g/mol. The Hall–Kier alpha value is -2.22. The number of amides is 1. The Kier molecular flexibility index (Phi) is 6.17. The molecule has 0 saturated carbocycles. The van der Waals surface area contributed by atoms with E-state index in [4.69, 9.17) is 11.6 Å². The number of nitrogens with zero attached hydrogens (tertiary/aromatic N) is 1. The summed E-state index contributed by atoms with van der Waals surface area (Å²) < 4.78 is 38.9. The summed E-state index contributed by atoms with van der Waals surface area (Å²) >= 11 is 5.69. The van der Waals surface area contributed by atoms with Gasteiger partial charge in [0, 0.05) is 25.9 Å². The van der Waals surface area contributed by atoms with E-state index in [9.17, 15) is 17.6 Å². The summed E-state index contributed by atoms with van der Waals surface area (Å²) in [4.78, 5) is 12.2. The monoisotopic (exact) mass is 396 g/mol. The highest BCUT2D eigenvalue weighted by Crippen LogP contribution is 2.22. The van der Waals surface area contributed by atoms with Gasteiger partial charge in [-0.15, -0.1) is 0 Å². The molecule has 0 atom stereocenters. The van der Waals surface area contributed by atoms with Crippen molar-refractivity contribution in [2.75, 3.05) is 19.4 Å². The van der Waals surface area contributed by atoms with Gasteiger partial charge in [-0.1, -0.05) is 23.7 Å². The van der Waals surface area contributed by atoms with Crippen LogP contribution in [0.1, 0.15) is 11.1 Å². The van der Waals surface area contributed by atoms with Crippen molar-refractivity contribution >= 4 is 39.3 Å². The molecule has 2 rings (SSSR count). The molecule has 8 heteroatoms. The Morgan fingerprint density at radius 3 is 2.50 bits per heavy atom. The molecule has 0 saturated heterocycles. The van der Waals surface area contributed by atoms with E-state index >= 15 is 0 Å². The lowest BCUT2D eigenvalue weighted by molar-refractivity contribution is -0.111. The number of nitrogens with one attached hydrogen (secondary N) is 1. The van der Waals surface area contributed by atoms with Crippen molar-refractivity contribution in [3.05, 3.63) is 64.4 Å². The van der Waals surface area contributed by atoms with Crippen LogP contribution in [0, 0.1) is 12.7 Å². The molecule has 138 valence electrons. The number of carbonyl (C=O) groups excluding carboxylic acids is 1. The molecule has 0 unspecified atom stereocenters. The molecule has 0 aromatic heterocycles. The topological polar surface area (TPSA) is 66.5 Å². The molecule has 0 radical (unpaired) electrons. The standard InChI is InChI=1S/C18H18ClFN2O3S/c1-12-4-7-14(11-17(12)26(24,25)22(2)3)21-18(23)9-6-13-5-8-16(20)15(19)10-13/h4-11H,1-3H3,(H,21,23)/b9-6+. The fourth-order valence-corrected chi connectivity index (χ4v) is 3.46. The SMILES string of the molecule is Cc1ccc(NC(=O)/C=C/c2ccc(F)c(Cl)c2)cc1S(=O)(=O)N(C)C. The van der Waals surface area contributed by atoms with E-state index in [0.29, 0.717) is 16.8 Å². The zero-order valence-corrected chi connectivity index (χ0v) is 16.0. The number of rotatable bonds is 5. The van der Waals surface area contributed by atoms with Crippen molar-refractivity contribution in [3.63, 3.8) is 0 Å². The van der Waals surface area contributed by atoms with Crippen LogP contribution in [0.4, 0.5) is 10.1 Å². The van der Waals surface area contributed by atoms with Crippen LogP contribution in [0.3, 0.4) is 0 Å². The summed E-state index contributed by atoms with van der Waals surface area (Å²) in [6, 6.07) is 8.73. The van der Waals surface area contributed by atoms with Gasteiger partial charge in [-0.05, 0) is 48.4 Å². The second-order valence-corrected chi connectivity index (χ2v) is 8.29. The predicted molar refractivity (Wildman–Crippen MR) is 101 cm³/mol. The Bertz CT molecular complexity index is 972. The third-order valence-electron chi connectivity index (χ3n) is 3.59. The molecule has 0 heterocycles. The van der Waals surface area contributed by atoms with Crippen molar-refractivity contribution in [1.29, 1.82) is 0 Å². The lowest BCUT2D eigenvalue weighted by Crippen LogP contribution is -2.23. The van der Waals surface area contributed by atoms with Crippen LogP contribution in [0.15, 0.2) is 47.4 Å². The number of carbonyl (C=O) groups is 1. The Balaban J connectivity index is 2.19. The Morgan fingerprint density at radius 2 is 1.88 bits per heavy atom. The van der Waals surface area contributed by atoms with Gasteiger partial charge >= 0.3 is 0 Å². The van der Waals surface area contributed by atoms with Crippen LogP contribution in [0.25, 0.3) is 6.08 Å². The fourth-order valence-electron chi connectivity index (χ4n) is 2.12. The van der Waals surface area contributed by atoms with E-state index in [-0.39, 0.29) is 9.92 Å². The molecule has 0 fully saturated rings. The van der Waals surface area contributed by atoms with E-state index in [1.165, 1.54) is 50.5 Å². The highest BCUT2D eigenvalue weighted by molar-refractivity contribution is 7.89. The number of aryl methyl sites for hydroxylation is 1. The molecular weight excluding hydrogens is 379 g/mol. The molecule has 0 aliphatic carbocycles. The van der Waals surface area contributed by atoms with Crippen LogP contribution in [0.5, 0.6) is 0 Å². The molecule has 5 nitrogen and oxygen atoms in total. The molecular formula is C18H18ClFN2O3S. The Labute approximate surface area is 157 Å². The first-order valence-corrected chi connectivity index (χ1v) is 9.40. The van der Waals surface area contributed by atoms with Gasteiger partial charge < -0.3 is 5.32 Å². The van der Waals surface area contributed by atoms with E-state index in [2.05, 4.69) is 5.32 Å². The maximum Gasteiger partial charge on any atom is 0.248 e. The van der Waals surface area contributed by atoms with Gasteiger partial charge in [0.25, 0.3) is 0 Å². The molecule has 0 aliphatic rings. The van der Waals surface area contributed by atoms with Crippen LogP contribution < -0.4 is 5.32 Å². The maximum atomic E-state index is 13.1. The minimum Gasteiger partial charge on any atom is -0.322 e. The number of hydrogen-bond donors (Lipinski definition) is 1. The normalized spacial score (nSPS) is 11.9. The van der Waals surface area contributed by atoms with Crippen molar-refractivity contribution in [3.8, 4) is 0 Å². The largest absolute Gasteiger partial charge is 0.322 e. The van der Waals surface area contributed by atoms with E-state index < -0.39 is 21.7 Å². The first kappa shape index (κ1) is 20.1. The van der Waals surface area contributed by atoms with Crippen molar-refractivity contribution in [1.82, 2.24) is 4.31 Å². The molecule has 1 amide bonds. The van der Waals surface area contributed by atoms with Gasteiger partial charge in [-0.3, -0.25) is 4.79 Å². The van der Waals surface area contributed by atoms with E-state index in [0.717, 1.165) is 4.31 Å². The summed E-state index contributed by atoms with van der Waals surface area (Å²) in [5, 5.41) is 2.56. The van der Waals surface area contributed by atoms with Crippen LogP contribution in [-0.2, 0) is 14.8 Å². The molecule has 26 heavy (non-hydrogen) atoms. The summed E-state index contributed by atoms with van der Waals surface area (Å²) in [6.45, 7) is 1.68. The smallest absolute Gasteiger partial charge is 0.248 e. The van der Waals surface area contributed by atoms with E-state index in [1.807, 2.05) is 0 Å². The van der Waals surface area contributed by atoms with Crippen molar-refractivity contribution in [2.24, 2.45) is 0 Å². The summed E-state index contributed by atoms with van der Waals surface area (Å²) in [5.41, 5.74) is 1.49. The third kappa shape index (κ3) is 4.69. The second kappa shape index (κ2) is 7.99. The zero-order chi connectivity index (χ0) is 19.5. The highest BCUT2D eigenvalue weighted by Gasteiger charge is 2.20. The van der Waals surface area contributed by atoms with Crippen LogP contribution in [0.2, 0.25) is 5.02 Å². The second-order valence-electron chi connectivity index (χ2n) is 5.76. The minimum atomic E-state index is -3.62. The number of sulfonamides is 1. The van der Waals surface area contributed by atoms with Crippen molar-refractivity contribution in [2.45, 2.75) is 11.8 Å². The van der Waals surface area contributed by atoms with Gasteiger partial charge in [-0.25, -0.2) is 17.1 Å². The summed E-state index contributed by atoms with van der Waals surface area (Å²) in [7, 11) is -0.734. The molecule has 2 aromatic carbocycles. The minimum absolute atomic E-state index is 0.0374.